The molecule has 0 aliphatic rings. The normalized spacial score (nSPS) is 11.5. The van der Waals surface area contributed by atoms with Crippen LogP contribution in [0.5, 0.6) is 0 Å². The molecule has 22 heavy (non-hydrogen) atoms. The van der Waals surface area contributed by atoms with Crippen molar-refractivity contribution in [3.63, 3.8) is 0 Å². The summed E-state index contributed by atoms with van der Waals surface area (Å²) >= 11 is -2.24. The minimum atomic E-state index is -2.24. The quantitative estimate of drug-likeness (QED) is 0.189. The van der Waals surface area contributed by atoms with E-state index in [2.05, 4.69) is 27.4 Å². The molecule has 0 radical (unpaired) electrons. The van der Waals surface area contributed by atoms with Gasteiger partial charge in [-0.3, -0.25) is 0 Å². The van der Waals surface area contributed by atoms with E-state index in [0.717, 1.165) is 12.8 Å². The minimum absolute atomic E-state index is 0.164. The van der Waals surface area contributed by atoms with Crippen molar-refractivity contribution in [3.8, 4) is 0 Å². The summed E-state index contributed by atoms with van der Waals surface area (Å²) < 4.78 is 11.2. The second-order valence-electron chi connectivity index (χ2n) is 6.64. The van der Waals surface area contributed by atoms with Gasteiger partial charge < -0.3 is 0 Å². The van der Waals surface area contributed by atoms with Gasteiger partial charge in [-0.1, -0.05) is 0 Å². The van der Waals surface area contributed by atoms with Gasteiger partial charge >= 0.3 is 143 Å². The summed E-state index contributed by atoms with van der Waals surface area (Å²) in [7, 11) is 0. The molecule has 3 heteroatoms. The van der Waals surface area contributed by atoms with Crippen molar-refractivity contribution in [2.45, 2.75) is 92.4 Å². The molecule has 0 saturated heterocycles. The predicted octanol–water partition coefficient (Wildman–Crippen LogP) is 6.27. The maximum absolute atomic E-state index is 10.9. The van der Waals surface area contributed by atoms with Gasteiger partial charge in [0.2, 0.25) is 0 Å². The molecule has 0 aromatic rings. The number of carbonyl (C=O) groups is 1. The molecule has 0 unspecified atom stereocenters. The summed E-state index contributed by atoms with van der Waals surface area (Å²) in [4.78, 5) is 10.9. The van der Waals surface area contributed by atoms with E-state index in [1.54, 1.807) is 3.59 Å². The Kier molecular flexibility index (Phi) is 13.5. The maximum atomic E-state index is 10.9. The Labute approximate surface area is 143 Å². The van der Waals surface area contributed by atoms with Crippen LogP contribution in [-0.4, -0.2) is 31.0 Å². The Hall–Kier alpha value is 0.00870. The number of unbranched alkanes of at least 4 members (excludes halogenated alkanes) is 3. The monoisotopic (exact) mass is 418 g/mol. The fraction of sp³-hybridized carbons (Fsp3) is 0.842. The third-order valence-electron chi connectivity index (χ3n) is 4.70. The number of ether oxygens (including phenoxy) is 1. The molecule has 130 valence electrons. The third-order valence-corrected chi connectivity index (χ3v) is 20.9. The Morgan fingerprint density at radius 1 is 0.909 bits per heavy atom. The Morgan fingerprint density at radius 3 is 1.73 bits per heavy atom. The first-order chi connectivity index (χ1) is 10.5. The van der Waals surface area contributed by atoms with Gasteiger partial charge in [0.15, 0.2) is 0 Å². The molecular weight excluding hydrogens is 379 g/mol. The van der Waals surface area contributed by atoms with E-state index < -0.39 is 18.4 Å². The van der Waals surface area contributed by atoms with Crippen LogP contribution in [0.15, 0.2) is 10.2 Å². The van der Waals surface area contributed by atoms with E-state index in [1.807, 2.05) is 0 Å². The zero-order valence-corrected chi connectivity index (χ0v) is 18.4. The number of rotatable bonds is 14. The molecule has 0 aromatic heterocycles. The molecule has 0 saturated carbocycles. The van der Waals surface area contributed by atoms with Gasteiger partial charge in [-0.15, -0.1) is 0 Å². The van der Waals surface area contributed by atoms with E-state index in [9.17, 15) is 4.79 Å². The molecule has 0 fully saturated rings. The Balaban J connectivity index is 4.72. The van der Waals surface area contributed by atoms with E-state index in [4.69, 9.17) is 4.74 Å². The fourth-order valence-corrected chi connectivity index (χ4v) is 19.2. The Morgan fingerprint density at radius 2 is 1.36 bits per heavy atom. The van der Waals surface area contributed by atoms with Crippen molar-refractivity contribution in [1.29, 1.82) is 0 Å². The number of carbonyl (C=O) groups excluding carboxylic acids is 1. The second-order valence-corrected chi connectivity index (χ2v) is 20.2. The van der Waals surface area contributed by atoms with E-state index >= 15 is 0 Å². The van der Waals surface area contributed by atoms with Gasteiger partial charge in [-0.25, -0.2) is 0 Å². The van der Waals surface area contributed by atoms with Crippen LogP contribution in [0.4, 0.5) is 0 Å². The average Bonchev–Trinajstić information content (AvgIpc) is 2.50. The van der Waals surface area contributed by atoms with Crippen molar-refractivity contribution in [2.75, 3.05) is 6.61 Å². The first kappa shape index (κ1) is 22.0. The summed E-state index contributed by atoms with van der Waals surface area (Å²) in [6, 6.07) is 0. The van der Waals surface area contributed by atoms with Crippen molar-refractivity contribution in [2.24, 2.45) is 0 Å². The molecule has 0 heterocycles. The van der Waals surface area contributed by atoms with E-state index in [-0.39, 0.29) is 5.97 Å². The van der Waals surface area contributed by atoms with Crippen LogP contribution in [0.3, 0.4) is 0 Å². The van der Waals surface area contributed by atoms with E-state index in [0.29, 0.717) is 6.61 Å². The summed E-state index contributed by atoms with van der Waals surface area (Å²) in [6.45, 7) is 13.5. The molecular formula is C19H38O2Sn. The summed E-state index contributed by atoms with van der Waals surface area (Å²) in [5, 5.41) is 0. The molecule has 0 spiro atoms. The predicted molar refractivity (Wildman–Crippen MR) is 99.9 cm³/mol. The molecule has 0 aromatic carbocycles. The molecule has 0 amide bonds. The Bertz CT molecular complexity index is 291. The topological polar surface area (TPSA) is 26.3 Å². The van der Waals surface area contributed by atoms with Gasteiger partial charge in [0.1, 0.15) is 0 Å². The van der Waals surface area contributed by atoms with Crippen LogP contribution >= 0.6 is 0 Å². The van der Waals surface area contributed by atoms with Crippen molar-refractivity contribution in [1.82, 2.24) is 0 Å². The van der Waals surface area contributed by atoms with Gasteiger partial charge in [-0.05, 0) is 0 Å². The van der Waals surface area contributed by atoms with Gasteiger partial charge in [0.05, 0.1) is 0 Å². The molecule has 0 bridgehead atoms. The molecule has 0 rings (SSSR count). The van der Waals surface area contributed by atoms with Gasteiger partial charge in [-0.2, -0.15) is 0 Å². The zero-order valence-electron chi connectivity index (χ0n) is 15.5. The molecule has 0 atom stereocenters. The summed E-state index contributed by atoms with van der Waals surface area (Å²) in [5.74, 6) is -0.164. The van der Waals surface area contributed by atoms with Crippen LogP contribution in [-0.2, 0) is 9.53 Å². The second kappa shape index (κ2) is 13.4. The van der Waals surface area contributed by atoms with Crippen molar-refractivity contribution >= 4 is 24.3 Å². The number of esters is 1. The van der Waals surface area contributed by atoms with Crippen LogP contribution in [0, 0.1) is 0 Å². The van der Waals surface area contributed by atoms with Gasteiger partial charge in [0.25, 0.3) is 0 Å². The van der Waals surface area contributed by atoms with E-state index in [1.165, 1.54) is 58.8 Å². The third kappa shape index (κ3) is 9.22. The summed E-state index contributed by atoms with van der Waals surface area (Å²) in [5.41, 5.74) is 0. The van der Waals surface area contributed by atoms with Crippen LogP contribution in [0.1, 0.15) is 79.1 Å². The first-order valence-corrected chi connectivity index (χ1v) is 16.8. The SMILES string of the molecule is C=[C](CCCOC(C)=O)[Sn]([CH2]CCC)([CH2]CCC)[CH2]CCC. The number of hydrogen-bond donors (Lipinski definition) is 0. The van der Waals surface area contributed by atoms with Crippen molar-refractivity contribution < 1.29 is 9.53 Å². The number of hydrogen-bond acceptors (Lipinski definition) is 2. The standard InChI is InChI=1S/C7H11O2.3C4H9.Sn/c1-3-4-5-6-9-7(2)8;3*1-3-4-2;/h1,4-6H2,2H3;3*1,3-4H2,2H3;. The average molecular weight is 417 g/mol. The van der Waals surface area contributed by atoms with Crippen molar-refractivity contribution in [3.05, 3.63) is 10.2 Å². The molecule has 0 aliphatic heterocycles. The summed E-state index contributed by atoms with van der Waals surface area (Å²) in [6.07, 6.45) is 10.1. The zero-order chi connectivity index (χ0) is 16.8. The van der Waals surface area contributed by atoms with Crippen LogP contribution < -0.4 is 0 Å². The van der Waals surface area contributed by atoms with Gasteiger partial charge in [0, 0.05) is 0 Å². The van der Waals surface area contributed by atoms with Crippen LogP contribution in [0.2, 0.25) is 13.3 Å². The van der Waals surface area contributed by atoms with Crippen LogP contribution in [0.25, 0.3) is 0 Å². The molecule has 0 N–H and O–H groups in total. The fourth-order valence-electron chi connectivity index (χ4n) is 3.22. The first-order valence-electron chi connectivity index (χ1n) is 9.34. The number of allylic oxidation sites excluding steroid dienone is 1. The molecule has 0 aliphatic carbocycles. The molecule has 2 nitrogen and oxygen atoms in total.